The second-order valence-corrected chi connectivity index (χ2v) is 4.66. The quantitative estimate of drug-likeness (QED) is 0.914. The Balaban J connectivity index is 2.10. The van der Waals surface area contributed by atoms with Crippen molar-refractivity contribution in [3.05, 3.63) is 34.6 Å². The van der Waals surface area contributed by atoms with Gasteiger partial charge in [0.1, 0.15) is 5.82 Å². The molecule has 18 heavy (non-hydrogen) atoms. The van der Waals surface area contributed by atoms with Crippen molar-refractivity contribution >= 4 is 23.5 Å². The summed E-state index contributed by atoms with van der Waals surface area (Å²) in [6, 6.07) is 3.93. The summed E-state index contributed by atoms with van der Waals surface area (Å²) in [6.45, 7) is 0.379. The van der Waals surface area contributed by atoms with E-state index in [9.17, 15) is 14.0 Å². The van der Waals surface area contributed by atoms with E-state index in [2.05, 4.69) is 0 Å². The van der Waals surface area contributed by atoms with Gasteiger partial charge in [-0.05, 0) is 17.7 Å². The highest BCUT2D eigenvalue weighted by molar-refractivity contribution is 6.31. The van der Waals surface area contributed by atoms with Gasteiger partial charge in [-0.3, -0.25) is 9.59 Å². The van der Waals surface area contributed by atoms with Gasteiger partial charge in [0.25, 0.3) is 0 Å². The second-order valence-electron chi connectivity index (χ2n) is 4.25. The van der Waals surface area contributed by atoms with Crippen LogP contribution in [-0.2, 0) is 16.1 Å². The average molecular weight is 272 g/mol. The van der Waals surface area contributed by atoms with Crippen molar-refractivity contribution in [2.45, 2.75) is 13.0 Å². The molecule has 1 unspecified atom stereocenters. The molecular weight excluding hydrogens is 261 g/mol. The lowest BCUT2D eigenvalue weighted by Gasteiger charge is -2.16. The average Bonchev–Trinajstić information content (AvgIpc) is 2.64. The molecule has 1 aromatic carbocycles. The first-order valence-corrected chi connectivity index (χ1v) is 5.79. The van der Waals surface area contributed by atoms with E-state index in [4.69, 9.17) is 16.7 Å². The van der Waals surface area contributed by atoms with Crippen molar-refractivity contribution < 1.29 is 19.1 Å². The largest absolute Gasteiger partial charge is 0.481 e. The number of carbonyl (C=O) groups excluding carboxylic acids is 1. The molecule has 0 aliphatic carbocycles. The molecule has 2 rings (SSSR count). The van der Waals surface area contributed by atoms with E-state index in [0.717, 1.165) is 0 Å². The summed E-state index contributed by atoms with van der Waals surface area (Å²) in [7, 11) is 0. The number of aliphatic carboxylic acids is 1. The number of rotatable bonds is 3. The molecular formula is C12H11ClFNO3. The Morgan fingerprint density at radius 3 is 2.83 bits per heavy atom. The first kappa shape index (κ1) is 12.8. The predicted octanol–water partition coefficient (Wildman–Crippen LogP) is 1.91. The lowest BCUT2D eigenvalue weighted by Crippen LogP contribution is -2.25. The van der Waals surface area contributed by atoms with Gasteiger partial charge in [0.2, 0.25) is 5.91 Å². The minimum atomic E-state index is -0.976. The summed E-state index contributed by atoms with van der Waals surface area (Å²) in [5, 5.41) is 9.09. The van der Waals surface area contributed by atoms with Crippen LogP contribution in [0.25, 0.3) is 0 Å². The summed E-state index contributed by atoms with van der Waals surface area (Å²) in [4.78, 5) is 23.8. The van der Waals surface area contributed by atoms with E-state index < -0.39 is 17.7 Å². The van der Waals surface area contributed by atoms with Gasteiger partial charge >= 0.3 is 5.97 Å². The third-order valence-corrected chi connectivity index (χ3v) is 3.29. The monoisotopic (exact) mass is 271 g/mol. The first-order chi connectivity index (χ1) is 8.47. The number of halogens is 2. The molecule has 1 fully saturated rings. The number of hydrogen-bond donors (Lipinski definition) is 1. The summed E-state index contributed by atoms with van der Waals surface area (Å²) in [5.41, 5.74) is 0.609. The van der Waals surface area contributed by atoms with Crippen LogP contribution in [0.15, 0.2) is 18.2 Å². The molecule has 1 saturated heterocycles. The van der Waals surface area contributed by atoms with Crippen molar-refractivity contribution in [1.82, 2.24) is 4.90 Å². The fourth-order valence-corrected chi connectivity index (χ4v) is 2.17. The minimum Gasteiger partial charge on any atom is -0.481 e. The van der Waals surface area contributed by atoms with Gasteiger partial charge in [-0.2, -0.15) is 0 Å². The van der Waals surface area contributed by atoms with E-state index in [1.165, 1.54) is 23.1 Å². The molecule has 1 aromatic rings. The highest BCUT2D eigenvalue weighted by Gasteiger charge is 2.34. The normalized spacial score (nSPS) is 19.3. The highest BCUT2D eigenvalue weighted by Crippen LogP contribution is 2.24. The molecule has 0 radical (unpaired) electrons. The van der Waals surface area contributed by atoms with E-state index in [1.54, 1.807) is 0 Å². The molecule has 1 aliphatic heterocycles. The SMILES string of the molecule is O=C(O)C1CC(=O)N(Cc2ccc(F)cc2Cl)C1. The van der Waals surface area contributed by atoms with Crippen molar-refractivity contribution in [2.75, 3.05) is 6.54 Å². The van der Waals surface area contributed by atoms with Crippen molar-refractivity contribution in [3.8, 4) is 0 Å². The maximum Gasteiger partial charge on any atom is 0.308 e. The smallest absolute Gasteiger partial charge is 0.308 e. The second kappa shape index (κ2) is 4.94. The van der Waals surface area contributed by atoms with Crippen LogP contribution < -0.4 is 0 Å². The molecule has 0 aromatic heterocycles. The molecule has 0 spiro atoms. The van der Waals surface area contributed by atoms with Gasteiger partial charge in [0, 0.05) is 24.5 Å². The Morgan fingerprint density at radius 2 is 2.28 bits per heavy atom. The topological polar surface area (TPSA) is 57.6 Å². The van der Waals surface area contributed by atoms with Crippen molar-refractivity contribution in [3.63, 3.8) is 0 Å². The van der Waals surface area contributed by atoms with Crippen LogP contribution in [0.2, 0.25) is 5.02 Å². The Morgan fingerprint density at radius 1 is 1.56 bits per heavy atom. The molecule has 1 atom stereocenters. The lowest BCUT2D eigenvalue weighted by atomic mass is 10.1. The molecule has 1 heterocycles. The maximum atomic E-state index is 12.9. The number of amides is 1. The van der Waals surface area contributed by atoms with Crippen LogP contribution in [0.3, 0.4) is 0 Å². The molecule has 4 nitrogen and oxygen atoms in total. The standard InChI is InChI=1S/C12H11ClFNO3/c13-10-4-9(14)2-1-7(10)5-15-6-8(12(17)18)3-11(15)16/h1-2,4,8H,3,5-6H2,(H,17,18). The van der Waals surface area contributed by atoms with E-state index in [1.807, 2.05) is 0 Å². The van der Waals surface area contributed by atoms with E-state index in [-0.39, 0.29) is 30.4 Å². The van der Waals surface area contributed by atoms with Gasteiger partial charge in [-0.15, -0.1) is 0 Å². The van der Waals surface area contributed by atoms with Gasteiger partial charge in [-0.25, -0.2) is 4.39 Å². The molecule has 1 aliphatic rings. The zero-order valence-electron chi connectivity index (χ0n) is 9.40. The Labute approximate surface area is 108 Å². The van der Waals surface area contributed by atoms with Gasteiger partial charge in [0.05, 0.1) is 5.92 Å². The minimum absolute atomic E-state index is 0.00808. The molecule has 0 bridgehead atoms. The van der Waals surface area contributed by atoms with E-state index in [0.29, 0.717) is 5.56 Å². The first-order valence-electron chi connectivity index (χ1n) is 5.42. The fraction of sp³-hybridized carbons (Fsp3) is 0.333. The van der Waals surface area contributed by atoms with Crippen LogP contribution in [0.4, 0.5) is 4.39 Å². The summed E-state index contributed by atoms with van der Waals surface area (Å²) < 4.78 is 12.9. The van der Waals surface area contributed by atoms with Gasteiger partial charge in [-0.1, -0.05) is 17.7 Å². The predicted molar refractivity (Wildman–Crippen MR) is 62.6 cm³/mol. The number of carbonyl (C=O) groups is 2. The van der Waals surface area contributed by atoms with Gasteiger partial charge in [0.15, 0.2) is 0 Å². The number of nitrogens with zero attached hydrogens (tertiary/aromatic N) is 1. The fourth-order valence-electron chi connectivity index (χ4n) is 1.95. The van der Waals surface area contributed by atoms with Crippen LogP contribution >= 0.6 is 11.6 Å². The summed E-state index contributed by atoms with van der Waals surface area (Å²) >= 11 is 5.86. The Bertz CT molecular complexity index is 506. The van der Waals surface area contributed by atoms with Crippen LogP contribution in [-0.4, -0.2) is 28.4 Å². The van der Waals surface area contributed by atoms with E-state index >= 15 is 0 Å². The van der Waals surface area contributed by atoms with Crippen molar-refractivity contribution in [2.24, 2.45) is 5.92 Å². The number of likely N-dealkylation sites (tertiary alicyclic amines) is 1. The third-order valence-electron chi connectivity index (χ3n) is 2.94. The van der Waals surface area contributed by atoms with Crippen molar-refractivity contribution in [1.29, 1.82) is 0 Å². The highest BCUT2D eigenvalue weighted by atomic mass is 35.5. The van der Waals surface area contributed by atoms with Crippen LogP contribution in [0, 0.1) is 11.7 Å². The lowest BCUT2D eigenvalue weighted by molar-refractivity contribution is -0.141. The summed E-state index contributed by atoms with van der Waals surface area (Å²) in [6.07, 6.45) is 0.00808. The van der Waals surface area contributed by atoms with Crippen LogP contribution in [0.5, 0.6) is 0 Å². The molecule has 1 amide bonds. The zero-order chi connectivity index (χ0) is 13.3. The third kappa shape index (κ3) is 2.61. The molecule has 0 saturated carbocycles. The molecule has 6 heteroatoms. The van der Waals surface area contributed by atoms with Crippen LogP contribution in [0.1, 0.15) is 12.0 Å². The Hall–Kier alpha value is -1.62. The van der Waals surface area contributed by atoms with Gasteiger partial charge < -0.3 is 10.0 Å². The number of hydrogen-bond acceptors (Lipinski definition) is 2. The molecule has 96 valence electrons. The number of benzene rings is 1. The maximum absolute atomic E-state index is 12.9. The zero-order valence-corrected chi connectivity index (χ0v) is 10.2. The Kier molecular flexibility index (Phi) is 3.52. The summed E-state index contributed by atoms with van der Waals surface area (Å²) in [5.74, 6) is -2.31. The molecule has 1 N–H and O–H groups in total. The number of carboxylic acid groups (broad SMARTS) is 1. The number of carboxylic acids is 1.